The summed E-state index contributed by atoms with van der Waals surface area (Å²) in [5.74, 6) is -1.10. The smallest absolute Gasteiger partial charge is 0.387 e. The summed E-state index contributed by atoms with van der Waals surface area (Å²) in [7, 11) is 1.28. The van der Waals surface area contributed by atoms with Gasteiger partial charge in [-0.1, -0.05) is 24.3 Å². The molecule has 35 heavy (non-hydrogen) atoms. The molecule has 10 heteroatoms. The average molecular weight is 492 g/mol. The second-order valence-corrected chi connectivity index (χ2v) is 8.47. The molecule has 0 aromatic heterocycles. The van der Waals surface area contributed by atoms with Gasteiger partial charge in [0.2, 0.25) is 5.91 Å². The third kappa shape index (κ3) is 8.18. The van der Waals surface area contributed by atoms with Gasteiger partial charge in [0.1, 0.15) is 0 Å². The molecule has 2 unspecified atom stereocenters. The molecule has 1 aliphatic heterocycles. The number of halogens is 2. The number of ether oxygens (including phenoxy) is 3. The van der Waals surface area contributed by atoms with E-state index in [1.165, 1.54) is 30.9 Å². The molecule has 2 N–H and O–H groups in total. The van der Waals surface area contributed by atoms with Crippen molar-refractivity contribution in [1.82, 2.24) is 15.5 Å². The maximum absolute atomic E-state index is 12.4. The van der Waals surface area contributed by atoms with Crippen molar-refractivity contribution in [3.05, 3.63) is 59.2 Å². The fraction of sp³-hybridized carbons (Fsp3) is 0.440. The van der Waals surface area contributed by atoms with Gasteiger partial charge >= 0.3 is 6.61 Å². The number of carbonyl (C=O) groups excluding carboxylic acids is 2. The molecular formula is C25H31F2N3O5. The summed E-state index contributed by atoms with van der Waals surface area (Å²) < 4.78 is 40.0. The van der Waals surface area contributed by atoms with E-state index in [2.05, 4.69) is 34.1 Å². The molecule has 2 aromatic carbocycles. The minimum atomic E-state index is -3.01. The molecule has 8 nitrogen and oxygen atoms in total. The van der Waals surface area contributed by atoms with Gasteiger partial charge in [-0.05, 0) is 43.2 Å². The van der Waals surface area contributed by atoms with Crippen LogP contribution in [0.2, 0.25) is 0 Å². The molecule has 1 fully saturated rings. The van der Waals surface area contributed by atoms with Crippen molar-refractivity contribution < 1.29 is 32.6 Å². The second kappa shape index (κ2) is 12.5. The van der Waals surface area contributed by atoms with Crippen LogP contribution in [0.1, 0.15) is 35.3 Å². The Balaban J connectivity index is 1.43. The quantitative estimate of drug-likeness (QED) is 0.531. The van der Waals surface area contributed by atoms with Gasteiger partial charge in [-0.15, -0.1) is 0 Å². The van der Waals surface area contributed by atoms with Crippen molar-refractivity contribution in [1.29, 1.82) is 0 Å². The van der Waals surface area contributed by atoms with Gasteiger partial charge in [0.15, 0.2) is 11.5 Å². The van der Waals surface area contributed by atoms with Gasteiger partial charge in [0.05, 0.1) is 25.9 Å². The summed E-state index contributed by atoms with van der Waals surface area (Å²) >= 11 is 0. The largest absolute Gasteiger partial charge is 0.493 e. The van der Waals surface area contributed by atoms with E-state index < -0.39 is 12.5 Å². The van der Waals surface area contributed by atoms with E-state index in [4.69, 9.17) is 9.47 Å². The number of amides is 2. The summed E-state index contributed by atoms with van der Waals surface area (Å²) in [6, 6.07) is 11.8. The number of alkyl halides is 2. The lowest BCUT2D eigenvalue weighted by atomic mass is 10.1. The Hall–Kier alpha value is -3.24. The van der Waals surface area contributed by atoms with Crippen molar-refractivity contribution >= 4 is 11.8 Å². The van der Waals surface area contributed by atoms with E-state index in [9.17, 15) is 18.4 Å². The maximum Gasteiger partial charge on any atom is 0.387 e. The molecule has 0 aliphatic carbocycles. The van der Waals surface area contributed by atoms with Gasteiger partial charge < -0.3 is 24.8 Å². The van der Waals surface area contributed by atoms with Crippen LogP contribution < -0.4 is 20.1 Å². The number of hydrogen-bond donors (Lipinski definition) is 2. The Morgan fingerprint density at radius 3 is 2.31 bits per heavy atom. The molecule has 0 saturated carbocycles. The van der Waals surface area contributed by atoms with Crippen LogP contribution in [0.3, 0.4) is 0 Å². The number of morpholine rings is 1. The number of methoxy groups -OCH3 is 1. The molecule has 1 aliphatic rings. The molecule has 1 heterocycles. The van der Waals surface area contributed by atoms with Gasteiger partial charge in [-0.3, -0.25) is 14.5 Å². The molecule has 3 rings (SSSR count). The molecule has 190 valence electrons. The van der Waals surface area contributed by atoms with E-state index in [-0.39, 0.29) is 41.7 Å². The van der Waals surface area contributed by atoms with Crippen LogP contribution >= 0.6 is 0 Å². The van der Waals surface area contributed by atoms with E-state index in [1.54, 1.807) is 0 Å². The summed E-state index contributed by atoms with van der Waals surface area (Å²) in [4.78, 5) is 26.9. The van der Waals surface area contributed by atoms with Crippen molar-refractivity contribution in [2.45, 2.75) is 45.8 Å². The second-order valence-electron chi connectivity index (χ2n) is 8.47. The standard InChI is InChI=1S/C25H31F2N3O5/c1-16-13-30(14-17(2)34-16)15-19-6-4-18(5-7-19)11-28-23(31)12-29-24(32)20-8-9-21(35-25(26)27)22(10-20)33-3/h4-10,16-17,25H,11-15H2,1-3H3,(H,28,31)(H,29,32). The minimum Gasteiger partial charge on any atom is -0.493 e. The van der Waals surface area contributed by atoms with Crippen molar-refractivity contribution in [2.24, 2.45) is 0 Å². The first-order valence-corrected chi connectivity index (χ1v) is 11.4. The molecule has 1 saturated heterocycles. The first-order valence-electron chi connectivity index (χ1n) is 11.4. The highest BCUT2D eigenvalue weighted by Crippen LogP contribution is 2.29. The number of nitrogens with zero attached hydrogens (tertiary/aromatic N) is 1. The SMILES string of the molecule is COc1cc(C(=O)NCC(=O)NCc2ccc(CN3CC(C)OC(C)C3)cc2)ccc1OC(F)F. The lowest BCUT2D eigenvalue weighted by molar-refractivity contribution is -0.120. The first-order chi connectivity index (χ1) is 16.7. The highest BCUT2D eigenvalue weighted by Gasteiger charge is 2.22. The van der Waals surface area contributed by atoms with Crippen LogP contribution in [0.25, 0.3) is 0 Å². The molecule has 0 radical (unpaired) electrons. The monoisotopic (exact) mass is 491 g/mol. The van der Waals surface area contributed by atoms with E-state index in [0.29, 0.717) is 6.54 Å². The topological polar surface area (TPSA) is 89.1 Å². The van der Waals surface area contributed by atoms with Crippen molar-refractivity contribution in [3.63, 3.8) is 0 Å². The normalized spacial score (nSPS) is 18.2. The predicted molar refractivity (Wildman–Crippen MR) is 126 cm³/mol. The Morgan fingerprint density at radius 2 is 1.69 bits per heavy atom. The molecule has 2 amide bonds. The Bertz CT molecular complexity index is 993. The predicted octanol–water partition coefficient (Wildman–Crippen LogP) is 2.95. The average Bonchev–Trinajstić information content (AvgIpc) is 2.81. The molecule has 0 spiro atoms. The van der Waals surface area contributed by atoms with Crippen molar-refractivity contribution in [2.75, 3.05) is 26.7 Å². The number of carbonyl (C=O) groups is 2. The van der Waals surface area contributed by atoms with Crippen LogP contribution in [-0.2, 0) is 22.6 Å². The zero-order valence-electron chi connectivity index (χ0n) is 20.1. The number of benzene rings is 2. The lowest BCUT2D eigenvalue weighted by Crippen LogP contribution is -2.44. The van der Waals surface area contributed by atoms with Crippen LogP contribution in [-0.4, -0.2) is 62.3 Å². The lowest BCUT2D eigenvalue weighted by Gasteiger charge is -2.35. The van der Waals surface area contributed by atoms with E-state index >= 15 is 0 Å². The fourth-order valence-electron chi connectivity index (χ4n) is 3.96. The van der Waals surface area contributed by atoms with Crippen LogP contribution in [0.5, 0.6) is 11.5 Å². The van der Waals surface area contributed by atoms with Gasteiger partial charge in [-0.2, -0.15) is 8.78 Å². The van der Waals surface area contributed by atoms with E-state index in [0.717, 1.165) is 25.2 Å². The van der Waals surface area contributed by atoms with Gasteiger partial charge in [0, 0.05) is 31.7 Å². The van der Waals surface area contributed by atoms with Crippen LogP contribution in [0.15, 0.2) is 42.5 Å². The third-order valence-electron chi connectivity index (χ3n) is 5.47. The van der Waals surface area contributed by atoms with Crippen LogP contribution in [0.4, 0.5) is 8.78 Å². The molecular weight excluding hydrogens is 460 g/mol. The minimum absolute atomic E-state index is 0.0107. The molecule has 2 aromatic rings. The summed E-state index contributed by atoms with van der Waals surface area (Å²) in [6.45, 7) is 3.88. The van der Waals surface area contributed by atoms with Gasteiger partial charge in [0.25, 0.3) is 5.91 Å². The number of hydrogen-bond acceptors (Lipinski definition) is 6. The Morgan fingerprint density at radius 1 is 1.03 bits per heavy atom. The number of nitrogens with one attached hydrogen (secondary N) is 2. The van der Waals surface area contributed by atoms with Crippen molar-refractivity contribution in [3.8, 4) is 11.5 Å². The number of rotatable bonds is 10. The van der Waals surface area contributed by atoms with Crippen LogP contribution in [0, 0.1) is 0 Å². The highest BCUT2D eigenvalue weighted by atomic mass is 19.3. The Labute approximate surface area is 203 Å². The zero-order chi connectivity index (χ0) is 25.4. The molecule has 2 atom stereocenters. The Kier molecular flexibility index (Phi) is 9.39. The summed E-state index contributed by atoms with van der Waals surface area (Å²) in [6.07, 6.45) is 0.434. The van der Waals surface area contributed by atoms with Gasteiger partial charge in [-0.25, -0.2) is 0 Å². The first kappa shape index (κ1) is 26.4. The zero-order valence-corrected chi connectivity index (χ0v) is 20.1. The highest BCUT2D eigenvalue weighted by molar-refractivity contribution is 5.97. The third-order valence-corrected chi connectivity index (χ3v) is 5.47. The fourth-order valence-corrected chi connectivity index (χ4v) is 3.96. The summed E-state index contributed by atoms with van der Waals surface area (Å²) in [5, 5.41) is 5.26. The molecule has 0 bridgehead atoms. The summed E-state index contributed by atoms with van der Waals surface area (Å²) in [5.41, 5.74) is 2.28. The maximum atomic E-state index is 12.4. The van der Waals surface area contributed by atoms with E-state index in [1.807, 2.05) is 24.3 Å².